The maximum Gasteiger partial charge on any atom is 0.277 e. The van der Waals surface area contributed by atoms with Crippen LogP contribution in [0.5, 0.6) is 0 Å². The molecule has 8 heteroatoms. The first kappa shape index (κ1) is 23.4. The van der Waals surface area contributed by atoms with Crippen molar-refractivity contribution in [3.63, 3.8) is 0 Å². The molecular weight excluding hydrogens is 450 g/mol. The Morgan fingerprint density at radius 1 is 0.765 bits per heavy atom. The molecular formula is C26H25N3O4S. The van der Waals surface area contributed by atoms with E-state index in [9.17, 15) is 18.0 Å². The molecule has 1 unspecified atom stereocenters. The minimum absolute atomic E-state index is 0.0370. The van der Waals surface area contributed by atoms with Gasteiger partial charge in [-0.2, -0.15) is 4.72 Å². The minimum Gasteiger partial charge on any atom is -0.351 e. The molecule has 1 atom stereocenters. The average Bonchev–Trinajstić information content (AvgIpc) is 3.03. The number of imide groups is 1. The van der Waals surface area contributed by atoms with Crippen molar-refractivity contribution in [3.8, 4) is 0 Å². The third-order valence-electron chi connectivity index (χ3n) is 5.67. The van der Waals surface area contributed by atoms with Crippen LogP contribution >= 0.6 is 0 Å². The minimum atomic E-state index is -4.02. The first-order valence-corrected chi connectivity index (χ1v) is 12.2. The Labute approximate surface area is 199 Å². The molecule has 0 saturated heterocycles. The van der Waals surface area contributed by atoms with Crippen LogP contribution in [0, 0.1) is 13.8 Å². The van der Waals surface area contributed by atoms with Gasteiger partial charge >= 0.3 is 0 Å². The van der Waals surface area contributed by atoms with E-state index < -0.39 is 27.9 Å². The van der Waals surface area contributed by atoms with Crippen LogP contribution in [0.1, 0.15) is 22.7 Å². The zero-order valence-corrected chi connectivity index (χ0v) is 19.9. The summed E-state index contributed by atoms with van der Waals surface area (Å²) >= 11 is 0. The number of sulfonamides is 1. The van der Waals surface area contributed by atoms with Crippen molar-refractivity contribution < 1.29 is 18.0 Å². The van der Waals surface area contributed by atoms with Gasteiger partial charge in [0.2, 0.25) is 10.0 Å². The molecule has 0 bridgehead atoms. The van der Waals surface area contributed by atoms with Gasteiger partial charge in [-0.3, -0.25) is 14.5 Å². The number of nitrogens with zero attached hydrogens (tertiary/aromatic N) is 1. The van der Waals surface area contributed by atoms with Crippen molar-refractivity contribution in [3.05, 3.63) is 107 Å². The third-order valence-corrected chi connectivity index (χ3v) is 7.11. The van der Waals surface area contributed by atoms with E-state index in [-0.39, 0.29) is 16.2 Å². The van der Waals surface area contributed by atoms with Gasteiger partial charge in [0.1, 0.15) is 5.70 Å². The van der Waals surface area contributed by atoms with E-state index in [0.717, 1.165) is 16.0 Å². The number of anilines is 1. The highest BCUT2D eigenvalue weighted by Gasteiger charge is 2.42. The molecule has 3 aromatic carbocycles. The number of carbonyl (C=O) groups excluding carboxylic acids is 2. The van der Waals surface area contributed by atoms with Gasteiger partial charge in [0.05, 0.1) is 16.5 Å². The van der Waals surface area contributed by atoms with Gasteiger partial charge in [0.15, 0.2) is 0 Å². The SMILES string of the molecule is Cc1ccc(NC2=C(C(NS(=O)(=O)c3ccc(C)cc3)c3ccccc3)C(=O)N(C)C2=O)cc1. The van der Waals surface area contributed by atoms with Gasteiger partial charge < -0.3 is 5.32 Å². The lowest BCUT2D eigenvalue weighted by atomic mass is 9.98. The fraction of sp³-hybridized carbons (Fsp3) is 0.154. The number of hydrogen-bond donors (Lipinski definition) is 2. The first-order chi connectivity index (χ1) is 16.2. The molecule has 4 rings (SSSR count). The van der Waals surface area contributed by atoms with Crippen LogP contribution in [0.15, 0.2) is 95.0 Å². The van der Waals surface area contributed by atoms with Crippen molar-refractivity contribution in [1.29, 1.82) is 0 Å². The zero-order chi connectivity index (χ0) is 24.5. The molecule has 0 radical (unpaired) electrons. The van der Waals surface area contributed by atoms with Crippen LogP contribution in [0.3, 0.4) is 0 Å². The summed E-state index contributed by atoms with van der Waals surface area (Å²) in [5.41, 5.74) is 3.19. The average molecular weight is 476 g/mol. The van der Waals surface area contributed by atoms with E-state index in [1.807, 2.05) is 26.0 Å². The maximum atomic E-state index is 13.3. The van der Waals surface area contributed by atoms with E-state index in [1.165, 1.54) is 19.2 Å². The Morgan fingerprint density at radius 3 is 1.91 bits per heavy atom. The van der Waals surface area contributed by atoms with Crippen LogP contribution in [0.4, 0.5) is 5.69 Å². The standard InChI is InChI=1S/C26H25N3O4S/c1-17-9-13-20(14-10-17)27-24-22(25(30)29(3)26(24)31)23(19-7-5-4-6-8-19)28-34(32,33)21-15-11-18(2)12-16-21/h4-16,23,27-28H,1-3H3. The Kier molecular flexibility index (Phi) is 6.37. The summed E-state index contributed by atoms with van der Waals surface area (Å²) in [6.07, 6.45) is 0. The molecule has 0 spiro atoms. The highest BCUT2D eigenvalue weighted by Crippen LogP contribution is 2.33. The number of nitrogens with one attached hydrogen (secondary N) is 2. The van der Waals surface area contributed by atoms with Crippen molar-refractivity contribution in [2.45, 2.75) is 24.8 Å². The van der Waals surface area contributed by atoms with Crippen LogP contribution in [0.2, 0.25) is 0 Å². The summed E-state index contributed by atoms with van der Waals surface area (Å²) in [5, 5.41) is 3.04. The van der Waals surface area contributed by atoms with E-state index >= 15 is 0 Å². The summed E-state index contributed by atoms with van der Waals surface area (Å²) in [5.74, 6) is -1.10. The van der Waals surface area contributed by atoms with E-state index in [4.69, 9.17) is 0 Å². The fourth-order valence-corrected chi connectivity index (χ4v) is 4.91. The van der Waals surface area contributed by atoms with Crippen LogP contribution in [0.25, 0.3) is 0 Å². The molecule has 2 amide bonds. The lowest BCUT2D eigenvalue weighted by molar-refractivity contribution is -0.136. The second-order valence-electron chi connectivity index (χ2n) is 8.23. The zero-order valence-electron chi connectivity index (χ0n) is 19.1. The Morgan fingerprint density at radius 2 is 1.32 bits per heavy atom. The predicted octanol–water partition coefficient (Wildman–Crippen LogP) is 3.69. The maximum absolute atomic E-state index is 13.3. The van der Waals surface area contributed by atoms with Crippen LogP contribution in [-0.2, 0) is 19.6 Å². The van der Waals surface area contributed by atoms with Crippen LogP contribution in [-0.4, -0.2) is 32.2 Å². The number of carbonyl (C=O) groups is 2. The molecule has 34 heavy (non-hydrogen) atoms. The fourth-order valence-electron chi connectivity index (χ4n) is 3.71. The molecule has 2 N–H and O–H groups in total. The van der Waals surface area contributed by atoms with Crippen molar-refractivity contribution in [2.24, 2.45) is 0 Å². The van der Waals surface area contributed by atoms with Crippen LogP contribution < -0.4 is 10.0 Å². The summed E-state index contributed by atoms with van der Waals surface area (Å²) < 4.78 is 29.2. The second kappa shape index (κ2) is 9.24. The molecule has 1 heterocycles. The summed E-state index contributed by atoms with van der Waals surface area (Å²) in [6, 6.07) is 21.4. The second-order valence-corrected chi connectivity index (χ2v) is 9.94. The number of hydrogen-bond acceptors (Lipinski definition) is 5. The Balaban J connectivity index is 1.83. The molecule has 0 saturated carbocycles. The number of amides is 2. The van der Waals surface area contributed by atoms with Crippen molar-refractivity contribution in [2.75, 3.05) is 12.4 Å². The molecule has 3 aromatic rings. The van der Waals surface area contributed by atoms with Gasteiger partial charge in [-0.1, -0.05) is 65.7 Å². The Hall–Kier alpha value is -3.75. The smallest absolute Gasteiger partial charge is 0.277 e. The monoisotopic (exact) mass is 475 g/mol. The number of rotatable bonds is 7. The molecule has 174 valence electrons. The highest BCUT2D eigenvalue weighted by molar-refractivity contribution is 7.89. The molecule has 1 aliphatic heterocycles. The lowest BCUT2D eigenvalue weighted by Crippen LogP contribution is -2.34. The van der Waals surface area contributed by atoms with E-state index in [2.05, 4.69) is 10.0 Å². The van der Waals surface area contributed by atoms with Gasteiger partial charge in [-0.15, -0.1) is 0 Å². The summed E-state index contributed by atoms with van der Waals surface area (Å²) in [7, 11) is -2.64. The number of benzene rings is 3. The third kappa shape index (κ3) is 4.64. The molecule has 0 aromatic heterocycles. The predicted molar refractivity (Wildman–Crippen MR) is 130 cm³/mol. The quantitative estimate of drug-likeness (QED) is 0.508. The van der Waals surface area contributed by atoms with Gasteiger partial charge in [-0.05, 0) is 43.7 Å². The molecule has 0 aliphatic carbocycles. The van der Waals surface area contributed by atoms with Gasteiger partial charge in [0.25, 0.3) is 11.8 Å². The van der Waals surface area contributed by atoms with Crippen molar-refractivity contribution >= 4 is 27.5 Å². The molecule has 1 aliphatic rings. The normalized spacial score (nSPS) is 15.1. The molecule has 7 nitrogen and oxygen atoms in total. The topological polar surface area (TPSA) is 95.6 Å². The first-order valence-electron chi connectivity index (χ1n) is 10.7. The van der Waals surface area contributed by atoms with E-state index in [1.54, 1.807) is 54.6 Å². The number of aryl methyl sites for hydroxylation is 2. The highest BCUT2D eigenvalue weighted by atomic mass is 32.2. The molecule has 0 fully saturated rings. The Bertz CT molecular complexity index is 1360. The largest absolute Gasteiger partial charge is 0.351 e. The van der Waals surface area contributed by atoms with Gasteiger partial charge in [0, 0.05) is 12.7 Å². The lowest BCUT2D eigenvalue weighted by Gasteiger charge is -2.21. The van der Waals surface area contributed by atoms with Gasteiger partial charge in [-0.25, -0.2) is 8.42 Å². The van der Waals surface area contributed by atoms with E-state index in [0.29, 0.717) is 11.3 Å². The summed E-state index contributed by atoms with van der Waals surface area (Å²) in [4.78, 5) is 27.3. The summed E-state index contributed by atoms with van der Waals surface area (Å²) in [6.45, 7) is 3.81. The number of likely N-dealkylation sites (N-methyl/N-ethyl adjacent to an activating group) is 1. The van der Waals surface area contributed by atoms with Crippen molar-refractivity contribution in [1.82, 2.24) is 9.62 Å².